The molecule has 1 fully saturated rings. The largest absolute Gasteiger partial charge is 0.469 e. The topological polar surface area (TPSA) is 87.5 Å². The number of rotatable bonds is 4. The molecule has 1 heterocycles. The van der Waals surface area contributed by atoms with Gasteiger partial charge in [0.25, 0.3) is 0 Å². The van der Waals surface area contributed by atoms with Crippen LogP contribution in [0.15, 0.2) is 0 Å². The van der Waals surface area contributed by atoms with Gasteiger partial charge in [0.1, 0.15) is 0 Å². The van der Waals surface area contributed by atoms with E-state index in [1.165, 1.54) is 11.4 Å². The van der Waals surface area contributed by atoms with Gasteiger partial charge in [-0.1, -0.05) is 0 Å². The predicted octanol–water partition coefficient (Wildman–Crippen LogP) is 0.115. The molecule has 6 nitrogen and oxygen atoms in total. The second-order valence-electron chi connectivity index (χ2n) is 3.94. The summed E-state index contributed by atoms with van der Waals surface area (Å²) in [6.45, 7) is 0.726. The molecular weight excluding hydrogens is 244 g/mol. The summed E-state index contributed by atoms with van der Waals surface area (Å²) in [4.78, 5) is 10.9. The highest BCUT2D eigenvalue weighted by Gasteiger charge is 2.28. The Kier molecular flexibility index (Phi) is 4.90. The molecule has 0 N–H and O–H groups in total. The third kappa shape index (κ3) is 3.98. The smallest absolute Gasteiger partial charge is 0.306 e. The summed E-state index contributed by atoms with van der Waals surface area (Å²) in [5, 5.41) is 8.71. The maximum absolute atomic E-state index is 11.8. The first-order valence-corrected chi connectivity index (χ1v) is 7.05. The predicted molar refractivity (Wildman–Crippen MR) is 60.3 cm³/mol. The Balaban J connectivity index is 2.49. The second-order valence-corrected chi connectivity index (χ2v) is 6.03. The van der Waals surface area contributed by atoms with Crippen LogP contribution in [0.3, 0.4) is 0 Å². The van der Waals surface area contributed by atoms with E-state index in [0.717, 1.165) is 0 Å². The molecule has 0 aromatic rings. The number of nitrogens with zero attached hydrogens (tertiary/aromatic N) is 2. The van der Waals surface area contributed by atoms with E-state index in [4.69, 9.17) is 5.26 Å². The summed E-state index contributed by atoms with van der Waals surface area (Å²) in [5.74, 6) is -0.806. The molecule has 96 valence electrons. The van der Waals surface area contributed by atoms with E-state index in [1.54, 1.807) is 0 Å². The zero-order valence-corrected chi connectivity index (χ0v) is 10.6. The van der Waals surface area contributed by atoms with E-state index in [9.17, 15) is 13.2 Å². The van der Waals surface area contributed by atoms with Crippen LogP contribution in [0.2, 0.25) is 0 Å². The van der Waals surface area contributed by atoms with Crippen LogP contribution in [-0.4, -0.2) is 44.6 Å². The van der Waals surface area contributed by atoms with Crippen molar-refractivity contribution in [1.82, 2.24) is 4.31 Å². The molecule has 0 atom stereocenters. The Morgan fingerprint density at radius 1 is 1.47 bits per heavy atom. The summed E-state index contributed by atoms with van der Waals surface area (Å²) >= 11 is 0. The standard InChI is InChI=1S/C10H16N2O4S/c1-16-10(13)4-7-17(14,15)12-5-2-9(8-11)3-6-12/h9H,2-7H2,1H3. The number of carbonyl (C=O) groups excluding carboxylic acids is 1. The Morgan fingerprint density at radius 2 is 2.06 bits per heavy atom. The van der Waals surface area contributed by atoms with Crippen LogP contribution in [0.5, 0.6) is 0 Å². The average molecular weight is 260 g/mol. The van der Waals surface area contributed by atoms with Crippen molar-refractivity contribution >= 4 is 16.0 Å². The van der Waals surface area contributed by atoms with Gasteiger partial charge in [0.05, 0.1) is 25.4 Å². The van der Waals surface area contributed by atoms with Crippen LogP contribution in [0.25, 0.3) is 0 Å². The summed E-state index contributed by atoms with van der Waals surface area (Å²) in [6.07, 6.45) is 0.999. The minimum absolute atomic E-state index is 0.0537. The van der Waals surface area contributed by atoms with Gasteiger partial charge in [-0.3, -0.25) is 4.79 Å². The molecule has 0 aromatic carbocycles. The van der Waals surface area contributed by atoms with Gasteiger partial charge in [-0.25, -0.2) is 12.7 Å². The van der Waals surface area contributed by atoms with Crippen LogP contribution in [-0.2, 0) is 19.6 Å². The van der Waals surface area contributed by atoms with Crippen molar-refractivity contribution in [2.45, 2.75) is 19.3 Å². The van der Waals surface area contributed by atoms with Crippen molar-refractivity contribution < 1.29 is 17.9 Å². The lowest BCUT2D eigenvalue weighted by Gasteiger charge is -2.28. The number of hydrogen-bond acceptors (Lipinski definition) is 5. The minimum atomic E-state index is -3.40. The van der Waals surface area contributed by atoms with Crippen molar-refractivity contribution in [1.29, 1.82) is 5.26 Å². The normalized spacial score (nSPS) is 18.6. The van der Waals surface area contributed by atoms with Crippen molar-refractivity contribution in [3.63, 3.8) is 0 Å². The zero-order chi connectivity index (χ0) is 12.9. The summed E-state index contributed by atoms with van der Waals surface area (Å²) in [6, 6.07) is 2.14. The van der Waals surface area contributed by atoms with Crippen LogP contribution < -0.4 is 0 Å². The lowest BCUT2D eigenvalue weighted by Crippen LogP contribution is -2.39. The number of carbonyl (C=O) groups is 1. The van der Waals surface area contributed by atoms with Gasteiger partial charge in [0, 0.05) is 19.0 Å². The molecule has 0 saturated carbocycles. The molecule has 1 rings (SSSR count). The first-order chi connectivity index (χ1) is 7.99. The van der Waals surface area contributed by atoms with Gasteiger partial charge in [-0.2, -0.15) is 5.26 Å². The maximum Gasteiger partial charge on any atom is 0.306 e. The van der Waals surface area contributed by atoms with Crippen molar-refractivity contribution in [3.05, 3.63) is 0 Å². The molecule has 0 aliphatic carbocycles. The fourth-order valence-corrected chi connectivity index (χ4v) is 3.16. The highest BCUT2D eigenvalue weighted by atomic mass is 32.2. The lowest BCUT2D eigenvalue weighted by atomic mass is 10.0. The fourth-order valence-electron chi connectivity index (χ4n) is 1.71. The van der Waals surface area contributed by atoms with Gasteiger partial charge < -0.3 is 4.74 Å². The third-order valence-corrected chi connectivity index (χ3v) is 4.69. The Morgan fingerprint density at radius 3 is 2.53 bits per heavy atom. The number of ether oxygens (including phenoxy) is 1. The lowest BCUT2D eigenvalue weighted by molar-refractivity contribution is -0.140. The molecule has 1 saturated heterocycles. The summed E-state index contributed by atoms with van der Waals surface area (Å²) < 4.78 is 29.4. The molecule has 0 unspecified atom stereocenters. The van der Waals surface area contributed by atoms with Crippen LogP contribution >= 0.6 is 0 Å². The van der Waals surface area contributed by atoms with E-state index in [2.05, 4.69) is 10.8 Å². The van der Waals surface area contributed by atoms with Crippen LogP contribution in [0, 0.1) is 17.2 Å². The van der Waals surface area contributed by atoms with Gasteiger partial charge in [-0.15, -0.1) is 0 Å². The molecule has 0 amide bonds. The molecular formula is C10H16N2O4S. The number of nitriles is 1. The van der Waals surface area contributed by atoms with Gasteiger partial charge in [0.15, 0.2) is 0 Å². The maximum atomic E-state index is 11.8. The van der Waals surface area contributed by atoms with Gasteiger partial charge in [0.2, 0.25) is 10.0 Å². The number of esters is 1. The first-order valence-electron chi connectivity index (χ1n) is 5.44. The number of sulfonamides is 1. The van der Waals surface area contributed by atoms with E-state index < -0.39 is 16.0 Å². The number of piperidine rings is 1. The monoisotopic (exact) mass is 260 g/mol. The van der Waals surface area contributed by atoms with E-state index in [0.29, 0.717) is 25.9 Å². The molecule has 0 radical (unpaired) electrons. The van der Waals surface area contributed by atoms with Crippen LogP contribution in [0.4, 0.5) is 0 Å². The highest BCUT2D eigenvalue weighted by Crippen LogP contribution is 2.19. The van der Waals surface area contributed by atoms with Crippen molar-refractivity contribution in [2.75, 3.05) is 26.0 Å². The fraction of sp³-hybridized carbons (Fsp3) is 0.800. The highest BCUT2D eigenvalue weighted by molar-refractivity contribution is 7.89. The SMILES string of the molecule is COC(=O)CCS(=O)(=O)N1CCC(C#N)CC1. The second kappa shape index (κ2) is 5.98. The third-order valence-electron chi connectivity index (χ3n) is 2.82. The molecule has 17 heavy (non-hydrogen) atoms. The quantitative estimate of drug-likeness (QED) is 0.670. The summed E-state index contributed by atoms with van der Waals surface area (Å²) in [5.41, 5.74) is 0. The van der Waals surface area contributed by atoms with Crippen molar-refractivity contribution in [3.8, 4) is 6.07 Å². The molecule has 0 bridgehead atoms. The average Bonchev–Trinajstić information content (AvgIpc) is 2.36. The Hall–Kier alpha value is -1.13. The molecule has 1 aliphatic heterocycles. The van der Waals surface area contributed by atoms with Crippen LogP contribution in [0.1, 0.15) is 19.3 Å². The van der Waals surface area contributed by atoms with Gasteiger partial charge >= 0.3 is 5.97 Å². The molecule has 0 spiro atoms. The van der Waals surface area contributed by atoms with E-state index in [1.807, 2.05) is 0 Å². The minimum Gasteiger partial charge on any atom is -0.469 e. The van der Waals surface area contributed by atoms with Crippen molar-refractivity contribution in [2.24, 2.45) is 5.92 Å². The van der Waals surface area contributed by atoms with E-state index >= 15 is 0 Å². The molecule has 7 heteroatoms. The molecule has 1 aliphatic rings. The van der Waals surface area contributed by atoms with Gasteiger partial charge in [-0.05, 0) is 12.8 Å². The summed E-state index contributed by atoms with van der Waals surface area (Å²) in [7, 11) is -2.17. The first kappa shape index (κ1) is 13.9. The Labute approximate surface area is 101 Å². The number of methoxy groups -OCH3 is 1. The molecule has 0 aromatic heterocycles. The number of hydrogen-bond donors (Lipinski definition) is 0. The van der Waals surface area contributed by atoms with E-state index in [-0.39, 0.29) is 18.1 Å². The Bertz CT molecular complexity index is 405. The zero-order valence-electron chi connectivity index (χ0n) is 9.76.